The summed E-state index contributed by atoms with van der Waals surface area (Å²) in [5.41, 5.74) is 15.8. The molecule has 1 aromatic heterocycles. The van der Waals surface area contributed by atoms with Gasteiger partial charge in [-0.3, -0.25) is 9.88 Å². The van der Waals surface area contributed by atoms with Crippen LogP contribution < -0.4 is 10.6 Å². The van der Waals surface area contributed by atoms with Crippen LogP contribution in [-0.4, -0.2) is 53.4 Å². The number of anilines is 1. The second kappa shape index (κ2) is 10.0. The van der Waals surface area contributed by atoms with Crippen molar-refractivity contribution in [3.8, 4) is 0 Å². The van der Waals surface area contributed by atoms with Crippen molar-refractivity contribution >= 4 is 16.6 Å². The van der Waals surface area contributed by atoms with Crippen molar-refractivity contribution in [3.05, 3.63) is 107 Å². The zero-order valence-electron chi connectivity index (χ0n) is 20.7. The monoisotopic (exact) mass is 478 g/mol. The molecular weight excluding hydrogens is 444 g/mol. The minimum Gasteiger partial charge on any atom is -0.390 e. The van der Waals surface area contributed by atoms with E-state index in [9.17, 15) is 5.11 Å². The lowest BCUT2D eigenvalue weighted by atomic mass is 9.98. The van der Waals surface area contributed by atoms with E-state index < -0.39 is 12.3 Å². The minimum absolute atomic E-state index is 0.395. The van der Waals surface area contributed by atoms with E-state index in [4.69, 9.17) is 5.73 Å². The Morgan fingerprint density at radius 2 is 1.56 bits per heavy atom. The zero-order valence-corrected chi connectivity index (χ0v) is 20.7. The number of aromatic nitrogens is 1. The van der Waals surface area contributed by atoms with Crippen LogP contribution in [0.2, 0.25) is 0 Å². The summed E-state index contributed by atoms with van der Waals surface area (Å²) in [7, 11) is 0. The maximum absolute atomic E-state index is 11.0. The van der Waals surface area contributed by atoms with Crippen LogP contribution in [0.4, 0.5) is 5.69 Å². The third kappa shape index (κ3) is 4.50. The summed E-state index contributed by atoms with van der Waals surface area (Å²) in [6.45, 7) is 3.52. The van der Waals surface area contributed by atoms with E-state index in [1.54, 1.807) is 6.20 Å². The van der Waals surface area contributed by atoms with Crippen LogP contribution in [0.3, 0.4) is 0 Å². The Balaban J connectivity index is 1.12. The van der Waals surface area contributed by atoms with Crippen molar-refractivity contribution in [1.82, 2.24) is 9.88 Å². The number of aryl methyl sites for hydroxylation is 1. The molecule has 6 rings (SSSR count). The second-order valence-corrected chi connectivity index (χ2v) is 10.1. The molecule has 5 heteroatoms. The Morgan fingerprint density at radius 1 is 0.806 bits per heavy atom. The van der Waals surface area contributed by atoms with Gasteiger partial charge in [0.2, 0.25) is 0 Å². The van der Waals surface area contributed by atoms with Crippen LogP contribution in [-0.2, 0) is 25.7 Å². The number of aliphatic hydroxyl groups is 1. The van der Waals surface area contributed by atoms with Crippen molar-refractivity contribution in [3.63, 3.8) is 0 Å². The summed E-state index contributed by atoms with van der Waals surface area (Å²) in [6.07, 6.45) is 4.46. The number of aliphatic hydroxyl groups excluding tert-OH is 1. The van der Waals surface area contributed by atoms with E-state index in [1.165, 1.54) is 27.9 Å². The molecule has 0 saturated carbocycles. The number of piperazine rings is 1. The third-order valence-corrected chi connectivity index (χ3v) is 8.01. The van der Waals surface area contributed by atoms with E-state index in [1.807, 2.05) is 18.2 Å². The summed E-state index contributed by atoms with van der Waals surface area (Å²) in [4.78, 5) is 9.28. The van der Waals surface area contributed by atoms with Crippen molar-refractivity contribution < 1.29 is 5.11 Å². The number of pyridine rings is 1. The number of nitrogens with zero attached hydrogens (tertiary/aromatic N) is 3. The maximum atomic E-state index is 11.0. The minimum atomic E-state index is -0.643. The number of fused-ring (bicyclic) bond motifs is 3. The van der Waals surface area contributed by atoms with E-state index in [0.717, 1.165) is 61.9 Å². The van der Waals surface area contributed by atoms with Gasteiger partial charge < -0.3 is 15.7 Å². The first-order valence-corrected chi connectivity index (χ1v) is 13.1. The average Bonchev–Trinajstić information content (AvgIpc) is 3.12. The molecule has 2 heterocycles. The molecule has 1 aliphatic carbocycles. The summed E-state index contributed by atoms with van der Waals surface area (Å²) < 4.78 is 0. The van der Waals surface area contributed by atoms with Gasteiger partial charge in [-0.25, -0.2) is 0 Å². The van der Waals surface area contributed by atoms with Gasteiger partial charge in [-0.15, -0.1) is 0 Å². The number of hydrogen-bond donors (Lipinski definition) is 2. The first-order valence-electron chi connectivity index (χ1n) is 13.1. The molecule has 1 aliphatic heterocycles. The zero-order chi connectivity index (χ0) is 24.5. The quantitative estimate of drug-likeness (QED) is 0.455. The van der Waals surface area contributed by atoms with Gasteiger partial charge in [0.15, 0.2) is 0 Å². The lowest BCUT2D eigenvalue weighted by molar-refractivity contribution is 0.0491. The van der Waals surface area contributed by atoms with E-state index in [0.29, 0.717) is 6.42 Å². The Hall–Kier alpha value is -3.25. The largest absolute Gasteiger partial charge is 0.390 e. The summed E-state index contributed by atoms with van der Waals surface area (Å²) in [5.74, 6) is 0. The molecule has 0 amide bonds. The van der Waals surface area contributed by atoms with Gasteiger partial charge in [-0.05, 0) is 59.2 Å². The topological polar surface area (TPSA) is 65.6 Å². The fourth-order valence-corrected chi connectivity index (χ4v) is 5.99. The highest BCUT2D eigenvalue weighted by atomic mass is 16.3. The highest BCUT2D eigenvalue weighted by Crippen LogP contribution is 2.32. The first-order chi connectivity index (χ1) is 17.7. The van der Waals surface area contributed by atoms with E-state index in [2.05, 4.69) is 69.4 Å². The molecule has 5 nitrogen and oxygen atoms in total. The Bertz CT molecular complexity index is 1360. The molecule has 2 unspecified atom stereocenters. The molecule has 1 fully saturated rings. The lowest BCUT2D eigenvalue weighted by Gasteiger charge is -2.41. The first kappa shape index (κ1) is 23.2. The van der Waals surface area contributed by atoms with Gasteiger partial charge in [0.25, 0.3) is 0 Å². The molecule has 0 spiro atoms. The average molecular weight is 479 g/mol. The molecule has 0 bridgehead atoms. The maximum Gasteiger partial charge on any atom is 0.0865 e. The van der Waals surface area contributed by atoms with E-state index in [-0.39, 0.29) is 0 Å². The highest BCUT2D eigenvalue weighted by Gasteiger charge is 2.28. The van der Waals surface area contributed by atoms with Crippen LogP contribution >= 0.6 is 0 Å². The van der Waals surface area contributed by atoms with Crippen LogP contribution in [0.15, 0.2) is 79.0 Å². The van der Waals surface area contributed by atoms with Gasteiger partial charge >= 0.3 is 0 Å². The standard InChI is InChI=1S/C31H34N4O/c32-31(29(36)21-26-10-3-8-23-11-5-15-33-30(23)26)35-18-16-34(17-19-35)28-12-4-9-25-20-24-7-2-1-6-22(24)13-14-27(25)28/h1-12,15,29,31,36H,13-14,16-21,32H2. The fraction of sp³-hybridized carbons (Fsp3) is 0.323. The number of benzene rings is 3. The van der Waals surface area contributed by atoms with Crippen LogP contribution in [0, 0.1) is 0 Å². The molecule has 3 aromatic carbocycles. The van der Waals surface area contributed by atoms with Crippen molar-refractivity contribution in [1.29, 1.82) is 0 Å². The molecule has 2 atom stereocenters. The van der Waals surface area contributed by atoms with Crippen molar-refractivity contribution in [2.24, 2.45) is 5.73 Å². The number of para-hydroxylation sites is 1. The fourth-order valence-electron chi connectivity index (χ4n) is 5.99. The van der Waals surface area contributed by atoms with Gasteiger partial charge in [0.1, 0.15) is 0 Å². The van der Waals surface area contributed by atoms with E-state index >= 15 is 0 Å². The van der Waals surface area contributed by atoms with Crippen LogP contribution in [0.25, 0.3) is 10.9 Å². The summed E-state index contributed by atoms with van der Waals surface area (Å²) >= 11 is 0. The molecule has 0 radical (unpaired) electrons. The molecule has 184 valence electrons. The molecule has 3 N–H and O–H groups in total. The number of rotatable bonds is 5. The molecule has 36 heavy (non-hydrogen) atoms. The van der Waals surface area contributed by atoms with Crippen molar-refractivity contribution in [2.45, 2.75) is 38.0 Å². The summed E-state index contributed by atoms with van der Waals surface area (Å²) in [6, 6.07) is 25.8. The third-order valence-electron chi connectivity index (χ3n) is 8.01. The highest BCUT2D eigenvalue weighted by molar-refractivity contribution is 5.81. The molecule has 4 aromatic rings. The number of nitrogens with two attached hydrogens (primary N) is 1. The second-order valence-electron chi connectivity index (χ2n) is 10.1. The number of hydrogen-bond acceptors (Lipinski definition) is 5. The Morgan fingerprint density at radius 3 is 2.42 bits per heavy atom. The smallest absolute Gasteiger partial charge is 0.0865 e. The molecule has 2 aliphatic rings. The molecular formula is C31H34N4O. The molecule has 1 saturated heterocycles. The Labute approximate surface area is 213 Å². The normalized spacial score (nSPS) is 17.8. The van der Waals surface area contributed by atoms with Crippen molar-refractivity contribution in [2.75, 3.05) is 31.1 Å². The summed E-state index contributed by atoms with van der Waals surface area (Å²) in [5, 5.41) is 12.1. The predicted molar refractivity (Wildman–Crippen MR) is 146 cm³/mol. The predicted octanol–water partition coefficient (Wildman–Crippen LogP) is 3.93. The van der Waals surface area contributed by atoms with Gasteiger partial charge in [0.05, 0.1) is 17.8 Å². The lowest BCUT2D eigenvalue weighted by Crippen LogP contribution is -2.58. The Kier molecular flexibility index (Phi) is 6.45. The SMILES string of the molecule is NC(C(O)Cc1cccc2cccnc12)N1CCN(c2cccc3c2CCc2ccccc2C3)CC1. The van der Waals surface area contributed by atoms with Gasteiger partial charge in [-0.2, -0.15) is 0 Å². The van der Waals surface area contributed by atoms with Gasteiger partial charge in [-0.1, -0.05) is 60.7 Å². The van der Waals surface area contributed by atoms with Crippen LogP contribution in [0.1, 0.15) is 27.8 Å². The van der Waals surface area contributed by atoms with Gasteiger partial charge in [0, 0.05) is 49.9 Å². The van der Waals surface area contributed by atoms with Crippen LogP contribution in [0.5, 0.6) is 0 Å².